The zero-order valence-electron chi connectivity index (χ0n) is 11.1. The number of nitrogens with two attached hydrogens (primary N) is 1. The van der Waals surface area contributed by atoms with Crippen molar-refractivity contribution in [3.05, 3.63) is 18.0 Å². The molecule has 5 heteroatoms. The van der Waals surface area contributed by atoms with Crippen molar-refractivity contribution in [2.24, 2.45) is 5.84 Å². The summed E-state index contributed by atoms with van der Waals surface area (Å²) in [6, 6.07) is 3.08. The van der Waals surface area contributed by atoms with E-state index in [1.807, 2.05) is 11.8 Å². The maximum absolute atomic E-state index is 5.56. The Kier molecular flexibility index (Phi) is 5.53. The third kappa shape index (κ3) is 3.73. The van der Waals surface area contributed by atoms with E-state index in [-0.39, 0.29) is 0 Å². The van der Waals surface area contributed by atoms with Crippen molar-refractivity contribution in [3.8, 4) is 0 Å². The molecule has 3 N–H and O–H groups in total. The fourth-order valence-electron chi connectivity index (χ4n) is 2.65. The Morgan fingerprint density at radius 1 is 1.50 bits per heavy atom. The fourth-order valence-corrected chi connectivity index (χ4v) is 3.27. The van der Waals surface area contributed by atoms with Crippen LogP contribution in [0.1, 0.15) is 43.8 Å². The monoisotopic (exact) mass is 268 g/mol. The van der Waals surface area contributed by atoms with Gasteiger partial charge in [0.1, 0.15) is 0 Å². The summed E-state index contributed by atoms with van der Waals surface area (Å²) in [4.78, 5) is 0. The van der Waals surface area contributed by atoms with E-state index in [0.717, 1.165) is 17.9 Å². The summed E-state index contributed by atoms with van der Waals surface area (Å²) in [7, 11) is 0. The lowest BCUT2D eigenvalue weighted by molar-refractivity contribution is 0.327. The van der Waals surface area contributed by atoms with E-state index in [1.165, 1.54) is 32.1 Å². The molecule has 1 saturated carbocycles. The molecular weight excluding hydrogens is 244 g/mol. The molecule has 1 fully saturated rings. The van der Waals surface area contributed by atoms with Crippen LogP contribution in [0.4, 0.5) is 0 Å². The third-order valence-corrected chi connectivity index (χ3v) is 4.41. The summed E-state index contributed by atoms with van der Waals surface area (Å²) < 4.78 is 2.17. The van der Waals surface area contributed by atoms with Gasteiger partial charge in [0.25, 0.3) is 0 Å². The summed E-state index contributed by atoms with van der Waals surface area (Å²) in [6.07, 6.45) is 11.8. The van der Waals surface area contributed by atoms with Gasteiger partial charge in [0.2, 0.25) is 0 Å². The number of hydrogen-bond acceptors (Lipinski definition) is 4. The Balaban J connectivity index is 1.92. The van der Waals surface area contributed by atoms with Crippen LogP contribution in [0.25, 0.3) is 0 Å². The third-order valence-electron chi connectivity index (χ3n) is 3.67. The van der Waals surface area contributed by atoms with Crippen molar-refractivity contribution in [2.45, 2.75) is 50.6 Å². The van der Waals surface area contributed by atoms with Gasteiger partial charge in [-0.1, -0.05) is 19.3 Å². The van der Waals surface area contributed by atoms with Crippen LogP contribution in [0.5, 0.6) is 0 Å². The van der Waals surface area contributed by atoms with Gasteiger partial charge in [0, 0.05) is 24.4 Å². The summed E-state index contributed by atoms with van der Waals surface area (Å²) in [5, 5.41) is 4.72. The molecule has 1 heterocycles. The first-order valence-electron chi connectivity index (χ1n) is 6.82. The summed E-state index contributed by atoms with van der Waals surface area (Å²) in [5.74, 6) is 6.58. The maximum Gasteiger partial charge on any atom is 0.0641 e. The Hall–Kier alpha value is -0.520. The molecule has 1 aromatic heterocycles. The molecule has 1 unspecified atom stereocenters. The Morgan fingerprint density at radius 2 is 2.28 bits per heavy atom. The Bertz CT molecular complexity index is 347. The summed E-state index contributed by atoms with van der Waals surface area (Å²) in [6.45, 7) is 0. The van der Waals surface area contributed by atoms with E-state index >= 15 is 0 Å². The van der Waals surface area contributed by atoms with Crippen LogP contribution in [0, 0.1) is 0 Å². The first kappa shape index (κ1) is 13.9. The number of nitrogens with one attached hydrogen (secondary N) is 1. The van der Waals surface area contributed by atoms with E-state index < -0.39 is 0 Å². The van der Waals surface area contributed by atoms with Crippen LogP contribution in [-0.4, -0.2) is 27.8 Å². The number of aromatic nitrogens is 2. The molecule has 0 amide bonds. The van der Waals surface area contributed by atoms with Crippen molar-refractivity contribution < 1.29 is 0 Å². The van der Waals surface area contributed by atoms with E-state index in [4.69, 9.17) is 10.9 Å². The molecule has 0 aromatic carbocycles. The van der Waals surface area contributed by atoms with Crippen molar-refractivity contribution in [3.63, 3.8) is 0 Å². The van der Waals surface area contributed by atoms with E-state index in [1.54, 1.807) is 0 Å². The highest BCUT2D eigenvalue weighted by Gasteiger charge is 2.16. The molecule has 18 heavy (non-hydrogen) atoms. The SMILES string of the molecule is CSCC(Cc1ccn(C2CCCCC2)n1)NN. The van der Waals surface area contributed by atoms with Crippen molar-refractivity contribution in [2.75, 3.05) is 12.0 Å². The van der Waals surface area contributed by atoms with Gasteiger partial charge in [-0.05, 0) is 25.2 Å². The number of rotatable bonds is 6. The molecule has 1 atom stereocenters. The summed E-state index contributed by atoms with van der Waals surface area (Å²) >= 11 is 1.81. The normalized spacial score (nSPS) is 19.0. The lowest BCUT2D eigenvalue weighted by Gasteiger charge is -2.22. The van der Waals surface area contributed by atoms with E-state index in [0.29, 0.717) is 12.1 Å². The number of nitrogens with zero attached hydrogens (tertiary/aromatic N) is 2. The first-order chi connectivity index (χ1) is 8.83. The fraction of sp³-hybridized carbons (Fsp3) is 0.769. The van der Waals surface area contributed by atoms with Gasteiger partial charge in [-0.2, -0.15) is 16.9 Å². The highest BCUT2D eigenvalue weighted by Crippen LogP contribution is 2.27. The quantitative estimate of drug-likeness (QED) is 0.613. The lowest BCUT2D eigenvalue weighted by atomic mass is 9.96. The van der Waals surface area contributed by atoms with Crippen LogP contribution in [0.15, 0.2) is 12.3 Å². The van der Waals surface area contributed by atoms with Gasteiger partial charge in [-0.25, -0.2) is 0 Å². The number of hydrazine groups is 1. The van der Waals surface area contributed by atoms with Crippen LogP contribution in [0.2, 0.25) is 0 Å². The second kappa shape index (κ2) is 7.16. The zero-order chi connectivity index (χ0) is 12.8. The molecule has 1 aliphatic carbocycles. The number of hydrogen-bond donors (Lipinski definition) is 2. The molecular formula is C13H24N4S. The molecule has 0 saturated heterocycles. The van der Waals surface area contributed by atoms with E-state index in [9.17, 15) is 0 Å². The molecule has 102 valence electrons. The van der Waals surface area contributed by atoms with Crippen molar-refractivity contribution in [1.29, 1.82) is 0 Å². The topological polar surface area (TPSA) is 55.9 Å². The molecule has 0 radical (unpaired) electrons. The Morgan fingerprint density at radius 3 is 2.94 bits per heavy atom. The predicted octanol–water partition coefficient (Wildman–Crippen LogP) is 2.13. The van der Waals surface area contributed by atoms with Crippen molar-refractivity contribution >= 4 is 11.8 Å². The minimum Gasteiger partial charge on any atom is -0.271 e. The largest absolute Gasteiger partial charge is 0.271 e. The zero-order valence-corrected chi connectivity index (χ0v) is 12.0. The molecule has 0 bridgehead atoms. The van der Waals surface area contributed by atoms with E-state index in [2.05, 4.69) is 28.6 Å². The van der Waals surface area contributed by atoms with Gasteiger partial charge in [0.15, 0.2) is 0 Å². The minimum atomic E-state index is 0.315. The van der Waals surface area contributed by atoms with Crippen molar-refractivity contribution in [1.82, 2.24) is 15.2 Å². The molecule has 1 aromatic rings. The van der Waals surface area contributed by atoms with Crippen LogP contribution in [-0.2, 0) is 6.42 Å². The molecule has 0 spiro atoms. The highest BCUT2D eigenvalue weighted by molar-refractivity contribution is 7.98. The molecule has 2 rings (SSSR count). The second-order valence-corrected chi connectivity index (χ2v) is 6.01. The highest BCUT2D eigenvalue weighted by atomic mass is 32.2. The molecule has 1 aliphatic rings. The first-order valence-corrected chi connectivity index (χ1v) is 8.22. The van der Waals surface area contributed by atoms with Gasteiger partial charge >= 0.3 is 0 Å². The molecule has 0 aliphatic heterocycles. The second-order valence-electron chi connectivity index (χ2n) is 5.10. The minimum absolute atomic E-state index is 0.315. The van der Waals surface area contributed by atoms with Gasteiger partial charge in [-0.3, -0.25) is 16.0 Å². The van der Waals surface area contributed by atoms with Crippen LogP contribution in [0.3, 0.4) is 0 Å². The maximum atomic E-state index is 5.56. The number of thioether (sulfide) groups is 1. The van der Waals surface area contributed by atoms with Gasteiger partial charge in [0.05, 0.1) is 11.7 Å². The standard InChI is InChI=1S/C13H24N4S/c1-18-10-12(15-14)9-11-7-8-17(16-11)13-5-3-2-4-6-13/h7-8,12-13,15H,2-6,9-10,14H2,1H3. The summed E-state index contributed by atoms with van der Waals surface area (Å²) in [5.41, 5.74) is 4.02. The Labute approximate surface area is 114 Å². The van der Waals surface area contributed by atoms with Gasteiger partial charge < -0.3 is 0 Å². The molecule has 4 nitrogen and oxygen atoms in total. The smallest absolute Gasteiger partial charge is 0.0641 e. The van der Waals surface area contributed by atoms with Crippen LogP contribution < -0.4 is 11.3 Å². The van der Waals surface area contributed by atoms with Crippen LogP contribution >= 0.6 is 11.8 Å². The lowest BCUT2D eigenvalue weighted by Crippen LogP contribution is -2.38. The predicted molar refractivity (Wildman–Crippen MR) is 77.5 cm³/mol. The van der Waals surface area contributed by atoms with Gasteiger partial charge in [-0.15, -0.1) is 0 Å². The average Bonchev–Trinajstić information content (AvgIpc) is 2.88. The average molecular weight is 268 g/mol.